The maximum absolute atomic E-state index is 5.90. The predicted molar refractivity (Wildman–Crippen MR) is 115 cm³/mol. The number of fused-ring (bicyclic) bond motifs is 2. The zero-order chi connectivity index (χ0) is 22.0. The highest BCUT2D eigenvalue weighted by atomic mass is 16.7. The summed E-state index contributed by atoms with van der Waals surface area (Å²) in [6.45, 7) is 1.41. The zero-order valence-corrected chi connectivity index (χ0v) is 18.7. The summed E-state index contributed by atoms with van der Waals surface area (Å²) in [4.78, 5) is 0. The molecule has 3 atom stereocenters. The first-order valence-corrected chi connectivity index (χ1v) is 10.4. The van der Waals surface area contributed by atoms with E-state index in [1.54, 1.807) is 35.5 Å². The summed E-state index contributed by atoms with van der Waals surface area (Å²) in [5.41, 5.74) is 3.38. The van der Waals surface area contributed by atoms with Crippen molar-refractivity contribution in [3.8, 4) is 28.7 Å². The summed E-state index contributed by atoms with van der Waals surface area (Å²) < 4.78 is 39.7. The molecule has 4 rings (SSSR count). The molecule has 31 heavy (non-hydrogen) atoms. The van der Waals surface area contributed by atoms with E-state index >= 15 is 0 Å². The molecule has 0 amide bonds. The van der Waals surface area contributed by atoms with Crippen molar-refractivity contribution in [2.75, 3.05) is 55.6 Å². The normalized spacial score (nSPS) is 21.5. The lowest BCUT2D eigenvalue weighted by Gasteiger charge is -2.40. The third-order valence-corrected chi connectivity index (χ3v) is 6.28. The summed E-state index contributed by atoms with van der Waals surface area (Å²) >= 11 is 0. The summed E-state index contributed by atoms with van der Waals surface area (Å²) in [6, 6.07) is 8.14. The van der Waals surface area contributed by atoms with E-state index in [4.69, 9.17) is 33.2 Å². The lowest BCUT2D eigenvalue weighted by Crippen LogP contribution is -2.36. The Morgan fingerprint density at radius 1 is 0.871 bits per heavy atom. The molecule has 0 aromatic heterocycles. The van der Waals surface area contributed by atoms with Gasteiger partial charge in [0.25, 0.3) is 0 Å². The number of hydrogen-bond donors (Lipinski definition) is 0. The summed E-state index contributed by atoms with van der Waals surface area (Å²) in [5, 5.41) is 0. The number of methoxy groups -OCH3 is 5. The van der Waals surface area contributed by atoms with Gasteiger partial charge in [0.05, 0.1) is 27.9 Å². The van der Waals surface area contributed by atoms with Crippen molar-refractivity contribution in [2.45, 2.75) is 12.3 Å². The van der Waals surface area contributed by atoms with E-state index in [1.165, 1.54) is 5.56 Å². The molecule has 168 valence electrons. The fourth-order valence-corrected chi connectivity index (χ4v) is 4.99. The molecule has 7 nitrogen and oxygen atoms in total. The van der Waals surface area contributed by atoms with Gasteiger partial charge in [-0.15, -0.1) is 0 Å². The molecule has 2 aliphatic rings. The molecule has 0 spiro atoms. The predicted octanol–water partition coefficient (Wildman–Crippen LogP) is 3.65. The van der Waals surface area contributed by atoms with Crippen LogP contribution >= 0.6 is 0 Å². The van der Waals surface area contributed by atoms with Crippen molar-refractivity contribution in [2.24, 2.45) is 11.8 Å². The van der Waals surface area contributed by atoms with Crippen LogP contribution in [-0.2, 0) is 15.9 Å². The molecule has 0 saturated carbocycles. The van der Waals surface area contributed by atoms with Gasteiger partial charge in [-0.25, -0.2) is 0 Å². The fraction of sp³-hybridized carbons (Fsp3) is 0.500. The van der Waals surface area contributed by atoms with E-state index in [2.05, 4.69) is 12.1 Å². The van der Waals surface area contributed by atoms with Gasteiger partial charge in [0.1, 0.15) is 0 Å². The standard InChI is InChI=1S/C24H30O7/c1-25-11-16-8-15-10-20-23(31-13-30-20)24(29-5)22(15)21(17(16)12-26-2)14-6-7-18(27-3)19(9-14)28-4/h6-7,9-10,16-17,21H,8,11-13H2,1-5H3/t16-,17-,21-/m0/s1. The number of rotatable bonds is 8. The van der Waals surface area contributed by atoms with Crippen molar-refractivity contribution >= 4 is 0 Å². The van der Waals surface area contributed by atoms with Crippen LogP contribution in [0.4, 0.5) is 0 Å². The van der Waals surface area contributed by atoms with Crippen LogP contribution in [-0.4, -0.2) is 55.6 Å². The van der Waals surface area contributed by atoms with E-state index in [-0.39, 0.29) is 24.5 Å². The smallest absolute Gasteiger partial charge is 0.231 e. The molecule has 1 aliphatic heterocycles. The van der Waals surface area contributed by atoms with Gasteiger partial charge in [-0.05, 0) is 47.6 Å². The van der Waals surface area contributed by atoms with Crippen LogP contribution in [0.25, 0.3) is 0 Å². The first-order valence-electron chi connectivity index (χ1n) is 10.4. The van der Waals surface area contributed by atoms with Gasteiger partial charge in [-0.2, -0.15) is 0 Å². The average Bonchev–Trinajstić information content (AvgIpc) is 3.26. The lowest BCUT2D eigenvalue weighted by atomic mass is 9.66. The van der Waals surface area contributed by atoms with E-state index in [1.807, 2.05) is 12.1 Å². The highest BCUT2D eigenvalue weighted by Crippen LogP contribution is 2.55. The van der Waals surface area contributed by atoms with E-state index < -0.39 is 0 Å². The van der Waals surface area contributed by atoms with Crippen molar-refractivity contribution in [1.82, 2.24) is 0 Å². The Labute approximate surface area is 183 Å². The Morgan fingerprint density at radius 2 is 1.65 bits per heavy atom. The first kappa shape index (κ1) is 21.6. The molecule has 2 aromatic rings. The second-order valence-electron chi connectivity index (χ2n) is 7.85. The van der Waals surface area contributed by atoms with Crippen LogP contribution in [0.1, 0.15) is 22.6 Å². The van der Waals surface area contributed by atoms with Gasteiger partial charge in [0.2, 0.25) is 12.5 Å². The summed E-state index contributed by atoms with van der Waals surface area (Å²) in [7, 11) is 8.44. The van der Waals surface area contributed by atoms with Gasteiger partial charge in [0.15, 0.2) is 23.0 Å². The molecule has 1 heterocycles. The molecule has 0 fully saturated rings. The molecule has 0 unspecified atom stereocenters. The Balaban J connectivity index is 1.94. The Hall–Kier alpha value is -2.64. The molecule has 1 aliphatic carbocycles. The largest absolute Gasteiger partial charge is 0.493 e. The maximum Gasteiger partial charge on any atom is 0.231 e. The molecule has 2 aromatic carbocycles. The van der Waals surface area contributed by atoms with Crippen LogP contribution in [0.3, 0.4) is 0 Å². The number of ether oxygens (including phenoxy) is 7. The van der Waals surface area contributed by atoms with Crippen molar-refractivity contribution in [3.05, 3.63) is 41.0 Å². The van der Waals surface area contributed by atoms with Crippen LogP contribution < -0.4 is 23.7 Å². The monoisotopic (exact) mass is 430 g/mol. The van der Waals surface area contributed by atoms with Crippen molar-refractivity contribution < 1.29 is 33.2 Å². The highest BCUT2D eigenvalue weighted by molar-refractivity contribution is 5.64. The van der Waals surface area contributed by atoms with Gasteiger partial charge < -0.3 is 33.2 Å². The number of hydrogen-bond acceptors (Lipinski definition) is 7. The van der Waals surface area contributed by atoms with Gasteiger partial charge >= 0.3 is 0 Å². The molecular weight excluding hydrogens is 400 g/mol. The topological polar surface area (TPSA) is 64.6 Å². The van der Waals surface area contributed by atoms with Gasteiger partial charge in [0, 0.05) is 32.3 Å². The minimum Gasteiger partial charge on any atom is -0.493 e. The average molecular weight is 430 g/mol. The van der Waals surface area contributed by atoms with Gasteiger partial charge in [-0.3, -0.25) is 0 Å². The van der Waals surface area contributed by atoms with E-state index in [9.17, 15) is 0 Å². The third kappa shape index (κ3) is 3.77. The Bertz CT molecular complexity index is 927. The molecule has 0 N–H and O–H groups in total. The minimum absolute atomic E-state index is 0.00638. The van der Waals surface area contributed by atoms with Crippen LogP contribution in [0.15, 0.2) is 24.3 Å². The Kier molecular flexibility index (Phi) is 6.43. The third-order valence-electron chi connectivity index (χ3n) is 6.28. The van der Waals surface area contributed by atoms with Gasteiger partial charge in [-0.1, -0.05) is 6.07 Å². The molecular formula is C24H30O7. The van der Waals surface area contributed by atoms with Crippen molar-refractivity contribution in [1.29, 1.82) is 0 Å². The van der Waals surface area contributed by atoms with E-state index in [0.29, 0.717) is 30.5 Å². The van der Waals surface area contributed by atoms with Crippen LogP contribution in [0.5, 0.6) is 28.7 Å². The SMILES string of the molecule is COC[C@@H]1Cc2cc3c(c(OC)c2[C@@H](c2ccc(OC)c(OC)c2)[C@H]1COC)OCO3. The molecule has 0 bridgehead atoms. The Morgan fingerprint density at radius 3 is 2.32 bits per heavy atom. The molecule has 0 radical (unpaired) electrons. The number of benzene rings is 2. The quantitative estimate of drug-likeness (QED) is 0.633. The summed E-state index contributed by atoms with van der Waals surface area (Å²) in [5.74, 6) is 3.92. The molecule has 0 saturated heterocycles. The second-order valence-corrected chi connectivity index (χ2v) is 7.85. The second kappa shape index (κ2) is 9.24. The highest BCUT2D eigenvalue weighted by Gasteiger charge is 2.42. The van der Waals surface area contributed by atoms with Crippen LogP contribution in [0.2, 0.25) is 0 Å². The van der Waals surface area contributed by atoms with Crippen molar-refractivity contribution in [3.63, 3.8) is 0 Å². The minimum atomic E-state index is -0.00638. The fourth-order valence-electron chi connectivity index (χ4n) is 4.99. The summed E-state index contributed by atoms with van der Waals surface area (Å²) in [6.07, 6.45) is 0.841. The first-order chi connectivity index (χ1) is 15.2. The zero-order valence-electron chi connectivity index (χ0n) is 18.7. The molecule has 7 heteroatoms. The van der Waals surface area contributed by atoms with E-state index in [0.717, 1.165) is 29.0 Å². The maximum atomic E-state index is 5.90. The lowest BCUT2D eigenvalue weighted by molar-refractivity contribution is 0.0560. The van der Waals surface area contributed by atoms with Crippen LogP contribution in [0, 0.1) is 11.8 Å².